The van der Waals surface area contributed by atoms with Crippen LogP contribution in [0.15, 0.2) is 96.2 Å². The van der Waals surface area contributed by atoms with Crippen LogP contribution in [-0.2, 0) is 39.9 Å². The SMILES string of the molecule is C[C@@H](NC(=O)c1cccc(NC2(C(N)=NC(=N)c3ccncc3)CCN(C(=O)OC(C)(C)C)CC2)c1)c1cccc(OCCCCCCOCCOCCOCCCCCC(=O)Nc2cccc3c2CN(C2CCC(=O)NC2=O)C3=O)c1. The molecule has 0 saturated carbocycles. The van der Waals surface area contributed by atoms with Crippen LogP contribution in [0, 0.1) is 5.41 Å². The summed E-state index contributed by atoms with van der Waals surface area (Å²) in [5, 5.41) is 20.6. The number of nitrogens with zero attached hydrogens (tertiary/aromatic N) is 4. The molecule has 2 fully saturated rings. The van der Waals surface area contributed by atoms with Gasteiger partial charge in [-0.05, 0) is 139 Å². The van der Waals surface area contributed by atoms with Gasteiger partial charge in [-0.2, -0.15) is 0 Å². The standard InChI is InChI=1S/C61H80N10O11/c1-42(65-55(74)45-16-12-17-46(39-45)69-61(58(63)68-54(62)43-24-28-64-29-25-43)26-30-70(31-27-61)59(77)82-60(2,3)4)44-15-13-18-47(40-44)81-34-11-6-5-9-32-78-35-37-80-38-36-79-33-10-7-8-21-52(72)66-50-20-14-19-48-49(50)41-71(57(48)76)51-22-23-53(73)67-56(51)75/h12-20,24-25,28-29,39-40,42,51,69H,5-11,21-23,26-27,30-38,41H2,1-4H3,(H,65,74)(H,66,72)(H3,62,63,68)(H,67,73,75)/t42-,51?/m1/s1. The number of amidine groups is 2. The number of anilines is 2. The molecule has 0 bridgehead atoms. The molecule has 21 heteroatoms. The lowest BCUT2D eigenvalue weighted by atomic mass is 9.85. The number of carbonyl (C=O) groups excluding carboxylic acids is 6. The molecule has 7 rings (SSSR count). The van der Waals surface area contributed by atoms with Gasteiger partial charge in [0.25, 0.3) is 11.8 Å². The van der Waals surface area contributed by atoms with Crippen LogP contribution in [-0.4, -0.2) is 139 Å². The maximum atomic E-state index is 13.7. The molecular weight excluding hydrogens is 1050 g/mol. The number of benzene rings is 3. The number of likely N-dealkylation sites (tertiary alicyclic amines) is 1. The van der Waals surface area contributed by atoms with Gasteiger partial charge in [-0.3, -0.25) is 39.7 Å². The minimum Gasteiger partial charge on any atom is -0.494 e. The molecule has 4 heterocycles. The highest BCUT2D eigenvalue weighted by atomic mass is 16.6. The fourth-order valence-corrected chi connectivity index (χ4v) is 9.87. The van der Waals surface area contributed by atoms with Crippen molar-refractivity contribution in [3.8, 4) is 5.75 Å². The van der Waals surface area contributed by atoms with Gasteiger partial charge >= 0.3 is 6.09 Å². The molecule has 4 aromatic rings. The third-order valence-electron chi connectivity index (χ3n) is 14.4. The fourth-order valence-electron chi connectivity index (χ4n) is 9.87. The number of nitrogens with one attached hydrogen (secondary N) is 5. The van der Waals surface area contributed by atoms with Crippen LogP contribution in [0.25, 0.3) is 0 Å². The van der Waals surface area contributed by atoms with E-state index in [9.17, 15) is 28.8 Å². The first-order valence-corrected chi connectivity index (χ1v) is 28.5. The van der Waals surface area contributed by atoms with Crippen molar-refractivity contribution >= 4 is 58.7 Å². The average Bonchev–Trinajstić information content (AvgIpc) is 3.47. The lowest BCUT2D eigenvalue weighted by Gasteiger charge is -2.42. The van der Waals surface area contributed by atoms with Crippen molar-refractivity contribution in [1.29, 1.82) is 5.41 Å². The van der Waals surface area contributed by atoms with E-state index in [1.165, 1.54) is 4.90 Å². The predicted molar refractivity (Wildman–Crippen MR) is 311 cm³/mol. The predicted octanol–water partition coefficient (Wildman–Crippen LogP) is 8.09. The number of imide groups is 1. The van der Waals surface area contributed by atoms with Gasteiger partial charge in [0.15, 0.2) is 5.84 Å². The van der Waals surface area contributed by atoms with E-state index in [1.54, 1.807) is 65.8 Å². The van der Waals surface area contributed by atoms with E-state index >= 15 is 0 Å². The Bertz CT molecular complexity index is 2870. The zero-order valence-electron chi connectivity index (χ0n) is 47.7. The third kappa shape index (κ3) is 18.4. The van der Waals surface area contributed by atoms with Gasteiger partial charge in [0.05, 0.1) is 44.6 Å². The summed E-state index contributed by atoms with van der Waals surface area (Å²) >= 11 is 0. The molecule has 0 spiro atoms. The minimum absolute atomic E-state index is 0.0175. The Balaban J connectivity index is 0.713. The van der Waals surface area contributed by atoms with Crippen molar-refractivity contribution in [2.75, 3.05) is 70.0 Å². The van der Waals surface area contributed by atoms with E-state index in [-0.39, 0.29) is 60.7 Å². The molecule has 7 N–H and O–H groups in total. The summed E-state index contributed by atoms with van der Waals surface area (Å²) in [4.78, 5) is 88.2. The van der Waals surface area contributed by atoms with E-state index in [0.29, 0.717) is 119 Å². The zero-order valence-corrected chi connectivity index (χ0v) is 47.7. The van der Waals surface area contributed by atoms with E-state index in [4.69, 9.17) is 34.8 Å². The molecule has 0 radical (unpaired) electrons. The topological polar surface area (TPSA) is 278 Å². The molecule has 2 saturated heterocycles. The zero-order chi connectivity index (χ0) is 58.5. The van der Waals surface area contributed by atoms with E-state index in [0.717, 1.165) is 49.8 Å². The Morgan fingerprint density at radius 3 is 2.17 bits per heavy atom. The largest absolute Gasteiger partial charge is 0.494 e. The Labute approximate surface area is 480 Å². The highest BCUT2D eigenvalue weighted by Crippen LogP contribution is 2.33. The summed E-state index contributed by atoms with van der Waals surface area (Å²) in [6, 6.07) is 22.4. The fraction of sp³-hybridized carbons (Fsp3) is 0.492. The van der Waals surface area contributed by atoms with Gasteiger partial charge < -0.3 is 55.2 Å². The van der Waals surface area contributed by atoms with Crippen molar-refractivity contribution < 1.29 is 52.5 Å². The van der Waals surface area contributed by atoms with Crippen molar-refractivity contribution in [3.05, 3.63) is 119 Å². The number of hydrogen-bond acceptors (Lipinski definition) is 14. The van der Waals surface area contributed by atoms with E-state index in [2.05, 4.69) is 31.2 Å². The average molecular weight is 1130 g/mol. The van der Waals surface area contributed by atoms with Crippen LogP contribution in [0.2, 0.25) is 0 Å². The van der Waals surface area contributed by atoms with Gasteiger partial charge in [-0.15, -0.1) is 0 Å². The van der Waals surface area contributed by atoms with Gasteiger partial charge in [-0.1, -0.05) is 37.1 Å². The summed E-state index contributed by atoms with van der Waals surface area (Å²) in [6.45, 7) is 12.0. The number of unbranched alkanes of at least 4 members (excludes halogenated alkanes) is 5. The molecule has 1 aromatic heterocycles. The summed E-state index contributed by atoms with van der Waals surface area (Å²) in [5.74, 6) is -0.589. The molecule has 21 nitrogen and oxygen atoms in total. The number of aromatic nitrogens is 1. The molecule has 3 aliphatic heterocycles. The monoisotopic (exact) mass is 1130 g/mol. The summed E-state index contributed by atoms with van der Waals surface area (Å²) in [5.41, 5.74) is 9.40. The third-order valence-corrected chi connectivity index (χ3v) is 14.4. The van der Waals surface area contributed by atoms with Crippen molar-refractivity contribution in [2.24, 2.45) is 10.7 Å². The molecule has 3 aromatic carbocycles. The molecule has 2 atom stereocenters. The van der Waals surface area contributed by atoms with Gasteiger partial charge in [0, 0.05) is 91.7 Å². The first kappa shape index (κ1) is 61.9. The molecule has 0 aliphatic carbocycles. The number of aliphatic imine (C=N–C) groups is 1. The Morgan fingerprint density at radius 1 is 0.817 bits per heavy atom. The normalized spacial score (nSPS) is 16.5. The maximum absolute atomic E-state index is 13.7. The molecule has 6 amide bonds. The second kappa shape index (κ2) is 30.3. The first-order chi connectivity index (χ1) is 39.5. The lowest BCUT2D eigenvalue weighted by molar-refractivity contribution is -0.137. The van der Waals surface area contributed by atoms with Crippen LogP contribution in [0.3, 0.4) is 0 Å². The number of nitrogens with two attached hydrogens (primary N) is 1. The Hall–Kier alpha value is -7.75. The number of ether oxygens (including phenoxy) is 5. The highest BCUT2D eigenvalue weighted by molar-refractivity contribution is 6.08. The van der Waals surface area contributed by atoms with E-state index < -0.39 is 29.2 Å². The minimum atomic E-state index is -0.933. The van der Waals surface area contributed by atoms with Crippen molar-refractivity contribution in [1.82, 2.24) is 25.4 Å². The second-order valence-corrected chi connectivity index (χ2v) is 21.8. The van der Waals surface area contributed by atoms with E-state index in [1.807, 2.05) is 58.0 Å². The molecular formula is C61H80N10O11. The number of rotatable bonds is 29. The van der Waals surface area contributed by atoms with Crippen LogP contribution in [0.5, 0.6) is 5.75 Å². The Morgan fingerprint density at radius 2 is 1.48 bits per heavy atom. The molecule has 1 unspecified atom stereocenters. The van der Waals surface area contributed by atoms with Crippen LogP contribution in [0.1, 0.15) is 148 Å². The summed E-state index contributed by atoms with van der Waals surface area (Å²) in [6.07, 6.45) is 10.5. The summed E-state index contributed by atoms with van der Waals surface area (Å²) < 4.78 is 28.8. The second-order valence-electron chi connectivity index (χ2n) is 21.8. The van der Waals surface area contributed by atoms with Crippen LogP contribution < -0.4 is 31.7 Å². The van der Waals surface area contributed by atoms with Crippen molar-refractivity contribution in [3.63, 3.8) is 0 Å². The van der Waals surface area contributed by atoms with Crippen LogP contribution in [0.4, 0.5) is 16.2 Å². The Kier molecular flexibility index (Phi) is 22.9. The van der Waals surface area contributed by atoms with Gasteiger partial charge in [-0.25, -0.2) is 9.79 Å². The maximum Gasteiger partial charge on any atom is 0.410 e. The summed E-state index contributed by atoms with van der Waals surface area (Å²) in [7, 11) is 0. The number of piperidine rings is 2. The van der Waals surface area contributed by atoms with Gasteiger partial charge in [0.2, 0.25) is 17.7 Å². The number of fused-ring (bicyclic) bond motifs is 1. The van der Waals surface area contributed by atoms with Crippen LogP contribution >= 0.6 is 0 Å². The first-order valence-electron chi connectivity index (χ1n) is 28.5. The van der Waals surface area contributed by atoms with Gasteiger partial charge in [0.1, 0.15) is 23.2 Å². The number of pyridine rings is 1. The highest BCUT2D eigenvalue weighted by Gasteiger charge is 2.42. The molecule has 3 aliphatic rings. The lowest BCUT2D eigenvalue weighted by Crippen LogP contribution is -2.58. The van der Waals surface area contributed by atoms with Crippen molar-refractivity contribution in [2.45, 2.75) is 135 Å². The molecule has 440 valence electrons. The number of amides is 6. The number of hydrogen-bond donors (Lipinski definition) is 6. The smallest absolute Gasteiger partial charge is 0.410 e. The molecule has 82 heavy (non-hydrogen) atoms. The quantitative estimate of drug-likeness (QED) is 0.0130. The number of carbonyl (C=O) groups is 6.